The van der Waals surface area contributed by atoms with Gasteiger partial charge < -0.3 is 19.2 Å². The van der Waals surface area contributed by atoms with Gasteiger partial charge in [-0.3, -0.25) is 4.79 Å². The van der Waals surface area contributed by atoms with E-state index in [4.69, 9.17) is 25.5 Å². The molecule has 162 valence electrons. The molecule has 0 atom stereocenters. The first-order valence-electron chi connectivity index (χ1n) is 9.98. The number of benzene rings is 3. The van der Waals surface area contributed by atoms with E-state index < -0.39 is 0 Å². The molecule has 4 aromatic rings. The molecule has 0 saturated carbocycles. The molecule has 0 radical (unpaired) electrons. The zero-order valence-corrected chi connectivity index (χ0v) is 18.7. The van der Waals surface area contributed by atoms with Crippen molar-refractivity contribution in [3.05, 3.63) is 83.6 Å². The summed E-state index contributed by atoms with van der Waals surface area (Å²) in [6.45, 7) is 1.87. The van der Waals surface area contributed by atoms with Crippen LogP contribution in [-0.4, -0.2) is 20.1 Å². The molecule has 0 aliphatic heterocycles. The summed E-state index contributed by atoms with van der Waals surface area (Å²) >= 11 is 6.00. The third-order valence-corrected chi connectivity index (χ3v) is 5.39. The van der Waals surface area contributed by atoms with E-state index in [0.717, 1.165) is 33.4 Å². The molecule has 1 N–H and O–H groups in total. The second-order valence-electron chi connectivity index (χ2n) is 7.23. The highest BCUT2D eigenvalue weighted by atomic mass is 35.5. The summed E-state index contributed by atoms with van der Waals surface area (Å²) in [5.74, 6) is 1.10. The quantitative estimate of drug-likeness (QED) is 0.330. The van der Waals surface area contributed by atoms with Crippen molar-refractivity contribution < 1.29 is 18.7 Å². The standard InChI is InChI=1S/C26H22ClNO4/c1-16(11-26(29)28-18-8-6-7-17(27)12-18)20-13-21-22(15-32-25(21)14-24(20)31-3)19-9-4-5-10-23(19)30-2/h4-15H,1-3H3,(H,28,29)/b16-11+. The molecule has 0 bridgehead atoms. The number of para-hydroxylation sites is 1. The van der Waals surface area contributed by atoms with Crippen molar-refractivity contribution in [3.8, 4) is 22.6 Å². The Hall–Kier alpha value is -3.70. The van der Waals surface area contributed by atoms with Crippen molar-refractivity contribution in [2.45, 2.75) is 6.92 Å². The second-order valence-corrected chi connectivity index (χ2v) is 7.66. The Morgan fingerprint density at radius 2 is 1.75 bits per heavy atom. The zero-order valence-electron chi connectivity index (χ0n) is 17.9. The van der Waals surface area contributed by atoms with Gasteiger partial charge in [0.1, 0.15) is 17.1 Å². The zero-order chi connectivity index (χ0) is 22.7. The molecule has 1 amide bonds. The average Bonchev–Trinajstić information content (AvgIpc) is 3.20. The lowest BCUT2D eigenvalue weighted by atomic mass is 9.98. The van der Waals surface area contributed by atoms with Crippen LogP contribution in [0, 0.1) is 0 Å². The van der Waals surface area contributed by atoms with Crippen LogP contribution in [0.15, 0.2) is 77.4 Å². The van der Waals surface area contributed by atoms with Gasteiger partial charge in [-0.1, -0.05) is 35.9 Å². The van der Waals surface area contributed by atoms with Crippen LogP contribution in [0.2, 0.25) is 5.02 Å². The van der Waals surface area contributed by atoms with Crippen molar-refractivity contribution in [2.75, 3.05) is 19.5 Å². The number of anilines is 1. The smallest absolute Gasteiger partial charge is 0.248 e. The van der Waals surface area contributed by atoms with Crippen LogP contribution in [0.5, 0.6) is 11.5 Å². The molecular weight excluding hydrogens is 426 g/mol. The third-order valence-electron chi connectivity index (χ3n) is 5.16. The molecule has 1 heterocycles. The van der Waals surface area contributed by atoms with Gasteiger partial charge in [0.05, 0.1) is 20.5 Å². The maximum atomic E-state index is 12.6. The van der Waals surface area contributed by atoms with Crippen LogP contribution in [0.4, 0.5) is 5.69 Å². The summed E-state index contributed by atoms with van der Waals surface area (Å²) < 4.78 is 16.9. The monoisotopic (exact) mass is 447 g/mol. The molecule has 0 fully saturated rings. The summed E-state index contributed by atoms with van der Waals surface area (Å²) in [6.07, 6.45) is 3.24. The lowest BCUT2D eigenvalue weighted by Crippen LogP contribution is -2.08. The Morgan fingerprint density at radius 3 is 2.50 bits per heavy atom. The predicted octanol–water partition coefficient (Wildman–Crippen LogP) is 6.81. The van der Waals surface area contributed by atoms with Gasteiger partial charge >= 0.3 is 0 Å². The fourth-order valence-electron chi connectivity index (χ4n) is 3.63. The molecule has 1 aromatic heterocycles. The number of rotatable bonds is 6. The maximum Gasteiger partial charge on any atom is 0.248 e. The number of amides is 1. The average molecular weight is 448 g/mol. The van der Waals surface area contributed by atoms with Crippen molar-refractivity contribution in [2.24, 2.45) is 0 Å². The van der Waals surface area contributed by atoms with E-state index in [1.807, 2.05) is 43.3 Å². The number of ether oxygens (including phenoxy) is 2. The van der Waals surface area contributed by atoms with Crippen LogP contribution in [0.3, 0.4) is 0 Å². The number of halogens is 1. The second kappa shape index (κ2) is 9.20. The van der Waals surface area contributed by atoms with Crippen LogP contribution in [0.1, 0.15) is 12.5 Å². The number of carbonyl (C=O) groups is 1. The number of furan rings is 1. The molecule has 5 nitrogen and oxygen atoms in total. The van der Waals surface area contributed by atoms with E-state index in [0.29, 0.717) is 22.0 Å². The summed E-state index contributed by atoms with van der Waals surface area (Å²) in [5, 5.41) is 4.28. The van der Waals surface area contributed by atoms with Gasteiger partial charge in [0.2, 0.25) is 5.91 Å². The van der Waals surface area contributed by atoms with Crippen LogP contribution in [0.25, 0.3) is 27.7 Å². The molecule has 0 saturated heterocycles. The Morgan fingerprint density at radius 1 is 0.969 bits per heavy atom. The molecule has 6 heteroatoms. The maximum absolute atomic E-state index is 12.6. The van der Waals surface area contributed by atoms with Crippen molar-refractivity contribution in [3.63, 3.8) is 0 Å². The van der Waals surface area contributed by atoms with Crippen LogP contribution < -0.4 is 14.8 Å². The van der Waals surface area contributed by atoms with E-state index in [1.165, 1.54) is 6.08 Å². The van der Waals surface area contributed by atoms with Gasteiger partial charge in [0.25, 0.3) is 0 Å². The largest absolute Gasteiger partial charge is 0.496 e. The fraction of sp³-hybridized carbons (Fsp3) is 0.115. The van der Waals surface area contributed by atoms with E-state index >= 15 is 0 Å². The lowest BCUT2D eigenvalue weighted by Gasteiger charge is -2.11. The number of methoxy groups -OCH3 is 2. The highest BCUT2D eigenvalue weighted by Gasteiger charge is 2.17. The predicted molar refractivity (Wildman–Crippen MR) is 128 cm³/mol. The number of nitrogens with one attached hydrogen (secondary N) is 1. The third kappa shape index (κ3) is 4.34. The van der Waals surface area contributed by atoms with E-state index in [2.05, 4.69) is 5.32 Å². The van der Waals surface area contributed by atoms with Gasteiger partial charge in [0, 0.05) is 44.9 Å². The first kappa shape index (κ1) is 21.5. The highest BCUT2D eigenvalue weighted by molar-refractivity contribution is 6.31. The fourth-order valence-corrected chi connectivity index (χ4v) is 3.82. The molecule has 4 rings (SSSR count). The summed E-state index contributed by atoms with van der Waals surface area (Å²) in [4.78, 5) is 12.6. The van der Waals surface area contributed by atoms with Crippen LogP contribution in [-0.2, 0) is 4.79 Å². The molecule has 3 aromatic carbocycles. The minimum absolute atomic E-state index is 0.260. The van der Waals surface area contributed by atoms with Gasteiger partial charge in [-0.15, -0.1) is 0 Å². The van der Waals surface area contributed by atoms with Gasteiger partial charge in [-0.25, -0.2) is 0 Å². The van der Waals surface area contributed by atoms with Gasteiger partial charge in [-0.2, -0.15) is 0 Å². The SMILES string of the molecule is COc1cc2occ(-c3ccccc3OC)c2cc1/C(C)=C/C(=O)Nc1cccc(Cl)c1. The number of allylic oxidation sites excluding steroid dienone is 1. The highest BCUT2D eigenvalue weighted by Crippen LogP contribution is 2.40. The Kier molecular flexibility index (Phi) is 6.19. The van der Waals surface area contributed by atoms with E-state index in [1.54, 1.807) is 44.7 Å². The first-order valence-corrected chi connectivity index (χ1v) is 10.4. The molecule has 0 unspecified atom stereocenters. The van der Waals surface area contributed by atoms with Gasteiger partial charge in [-0.05, 0) is 42.8 Å². The van der Waals surface area contributed by atoms with Crippen LogP contribution >= 0.6 is 11.6 Å². The Balaban J connectivity index is 1.74. The van der Waals surface area contributed by atoms with Crippen molar-refractivity contribution >= 4 is 39.7 Å². The number of carbonyl (C=O) groups excluding carboxylic acids is 1. The normalized spacial score (nSPS) is 11.4. The van der Waals surface area contributed by atoms with Crippen molar-refractivity contribution in [1.82, 2.24) is 0 Å². The van der Waals surface area contributed by atoms with Gasteiger partial charge in [0.15, 0.2) is 0 Å². The summed E-state index contributed by atoms with van der Waals surface area (Å²) in [6, 6.07) is 18.6. The topological polar surface area (TPSA) is 60.7 Å². The molecule has 32 heavy (non-hydrogen) atoms. The Labute approximate surface area is 191 Å². The van der Waals surface area contributed by atoms with Crippen molar-refractivity contribution in [1.29, 1.82) is 0 Å². The summed E-state index contributed by atoms with van der Waals surface area (Å²) in [7, 11) is 3.23. The molecule has 0 spiro atoms. The summed E-state index contributed by atoms with van der Waals surface area (Å²) in [5.41, 5.74) is 4.67. The minimum Gasteiger partial charge on any atom is -0.496 e. The lowest BCUT2D eigenvalue weighted by molar-refractivity contribution is -0.111. The van der Waals surface area contributed by atoms with E-state index in [9.17, 15) is 4.79 Å². The number of fused-ring (bicyclic) bond motifs is 1. The number of hydrogen-bond donors (Lipinski definition) is 1. The molecular formula is C26H22ClNO4. The number of hydrogen-bond acceptors (Lipinski definition) is 4. The minimum atomic E-state index is -0.260. The molecule has 0 aliphatic carbocycles. The Bertz CT molecular complexity index is 1320. The first-order chi connectivity index (χ1) is 15.5. The molecule has 0 aliphatic rings. The van der Waals surface area contributed by atoms with E-state index in [-0.39, 0.29) is 5.91 Å².